The summed E-state index contributed by atoms with van der Waals surface area (Å²) in [6, 6.07) is 8.88. The molecule has 126 valence electrons. The van der Waals surface area contributed by atoms with Gasteiger partial charge in [0.15, 0.2) is 0 Å². The summed E-state index contributed by atoms with van der Waals surface area (Å²) in [4.78, 5) is 25.6. The Balaban J connectivity index is 1.61. The van der Waals surface area contributed by atoms with Crippen LogP contribution in [0.25, 0.3) is 0 Å². The van der Waals surface area contributed by atoms with Crippen molar-refractivity contribution in [1.82, 2.24) is 4.90 Å². The molecule has 1 N–H and O–H groups in total. The monoisotopic (exact) mass is 327 g/mol. The van der Waals surface area contributed by atoms with Crippen LogP contribution in [0.5, 0.6) is 0 Å². The van der Waals surface area contributed by atoms with Crippen LogP contribution in [0.3, 0.4) is 0 Å². The fraction of sp³-hybridized carbons (Fsp3) is 0.368. The number of likely N-dealkylation sites (tertiary alicyclic amines) is 1. The third-order valence-corrected chi connectivity index (χ3v) is 4.75. The van der Waals surface area contributed by atoms with Crippen molar-refractivity contribution in [2.45, 2.75) is 26.2 Å². The Hall–Kier alpha value is -2.56. The Morgan fingerprint density at radius 1 is 1.17 bits per heavy atom. The summed E-state index contributed by atoms with van der Waals surface area (Å²) in [6.07, 6.45) is 4.06. The Morgan fingerprint density at radius 3 is 2.50 bits per heavy atom. The van der Waals surface area contributed by atoms with Gasteiger partial charge in [0.2, 0.25) is 0 Å². The number of benzene rings is 1. The molecule has 0 unspecified atom stereocenters. The van der Waals surface area contributed by atoms with Gasteiger partial charge in [-0.2, -0.15) is 0 Å². The topological polar surface area (TPSA) is 70.8 Å². The first-order valence-electron chi connectivity index (χ1n) is 8.21. The molecule has 1 fully saturated rings. The summed E-state index contributed by atoms with van der Waals surface area (Å²) in [6.45, 7) is 3.19. The third-order valence-electron chi connectivity index (χ3n) is 4.75. The number of rotatable bonds is 4. The van der Waals surface area contributed by atoms with Gasteiger partial charge in [0.1, 0.15) is 5.76 Å². The highest BCUT2D eigenvalue weighted by Gasteiger charge is 2.26. The SMILES string of the molecule is Cc1occc1C(=O)N1CCC(Cc2ccccc2C(=O)O)CC1. The van der Waals surface area contributed by atoms with Crippen LogP contribution in [0.2, 0.25) is 0 Å². The maximum atomic E-state index is 12.5. The molecule has 2 heterocycles. The lowest BCUT2D eigenvalue weighted by Gasteiger charge is -2.32. The van der Waals surface area contributed by atoms with Crippen molar-refractivity contribution in [2.24, 2.45) is 5.92 Å². The third kappa shape index (κ3) is 3.35. The molecule has 0 spiro atoms. The van der Waals surface area contributed by atoms with E-state index in [1.54, 1.807) is 25.1 Å². The molecule has 1 saturated heterocycles. The Labute approximate surface area is 140 Å². The van der Waals surface area contributed by atoms with Crippen molar-refractivity contribution in [3.05, 3.63) is 59.0 Å². The molecule has 1 amide bonds. The number of nitrogens with zero attached hydrogens (tertiary/aromatic N) is 1. The molecule has 1 aliphatic heterocycles. The van der Waals surface area contributed by atoms with Gasteiger partial charge in [-0.3, -0.25) is 4.79 Å². The van der Waals surface area contributed by atoms with Gasteiger partial charge in [0.05, 0.1) is 17.4 Å². The summed E-state index contributed by atoms with van der Waals surface area (Å²) >= 11 is 0. The second kappa shape index (κ2) is 6.91. The molecule has 5 nitrogen and oxygen atoms in total. The molecule has 0 bridgehead atoms. The molecule has 2 aromatic rings. The second-order valence-corrected chi connectivity index (χ2v) is 6.29. The number of hydrogen-bond donors (Lipinski definition) is 1. The van der Waals surface area contributed by atoms with Gasteiger partial charge >= 0.3 is 5.97 Å². The zero-order valence-corrected chi connectivity index (χ0v) is 13.7. The van der Waals surface area contributed by atoms with Crippen LogP contribution in [0.15, 0.2) is 41.0 Å². The molecule has 3 rings (SSSR count). The standard InChI is InChI=1S/C19H21NO4/c1-13-16(8-11-24-13)18(21)20-9-6-14(7-10-20)12-15-4-2-3-5-17(15)19(22)23/h2-5,8,11,14H,6-7,9-10,12H2,1H3,(H,22,23). The van der Waals surface area contributed by atoms with Gasteiger partial charge in [-0.25, -0.2) is 4.79 Å². The van der Waals surface area contributed by atoms with Gasteiger partial charge in [0.25, 0.3) is 5.91 Å². The lowest BCUT2D eigenvalue weighted by molar-refractivity contribution is 0.0688. The van der Waals surface area contributed by atoms with Gasteiger partial charge in [-0.15, -0.1) is 0 Å². The number of aryl methyl sites for hydroxylation is 1. The molecule has 0 radical (unpaired) electrons. The zero-order chi connectivity index (χ0) is 17.1. The lowest BCUT2D eigenvalue weighted by atomic mass is 9.88. The largest absolute Gasteiger partial charge is 0.478 e. The van der Waals surface area contributed by atoms with Crippen LogP contribution >= 0.6 is 0 Å². The summed E-state index contributed by atoms with van der Waals surface area (Å²) in [5, 5.41) is 9.28. The number of hydrogen-bond acceptors (Lipinski definition) is 3. The molecule has 0 aliphatic carbocycles. The first kappa shape index (κ1) is 16.3. The number of carbonyl (C=O) groups is 2. The maximum Gasteiger partial charge on any atom is 0.335 e. The van der Waals surface area contributed by atoms with E-state index >= 15 is 0 Å². The van der Waals surface area contributed by atoms with E-state index in [4.69, 9.17) is 4.42 Å². The number of carboxylic acids is 1. The molecule has 1 aromatic heterocycles. The smallest absolute Gasteiger partial charge is 0.335 e. The van der Waals surface area contributed by atoms with Crippen LogP contribution in [0.4, 0.5) is 0 Å². The van der Waals surface area contributed by atoms with E-state index in [-0.39, 0.29) is 5.91 Å². The van der Waals surface area contributed by atoms with E-state index in [1.807, 2.05) is 17.0 Å². The molecular formula is C19H21NO4. The van der Waals surface area contributed by atoms with Gasteiger partial charge in [0, 0.05) is 13.1 Å². The average molecular weight is 327 g/mol. The summed E-state index contributed by atoms with van der Waals surface area (Å²) in [7, 11) is 0. The summed E-state index contributed by atoms with van der Waals surface area (Å²) in [5.41, 5.74) is 1.88. The highest BCUT2D eigenvalue weighted by atomic mass is 16.4. The van der Waals surface area contributed by atoms with Crippen molar-refractivity contribution >= 4 is 11.9 Å². The molecule has 0 atom stereocenters. The van der Waals surface area contributed by atoms with E-state index in [9.17, 15) is 14.7 Å². The second-order valence-electron chi connectivity index (χ2n) is 6.29. The van der Waals surface area contributed by atoms with Crippen LogP contribution in [-0.4, -0.2) is 35.0 Å². The number of amides is 1. The van der Waals surface area contributed by atoms with Crippen LogP contribution < -0.4 is 0 Å². The van der Waals surface area contributed by atoms with Gasteiger partial charge in [-0.1, -0.05) is 18.2 Å². The predicted octanol–water partition coefficient (Wildman–Crippen LogP) is 3.38. The van der Waals surface area contributed by atoms with Crippen molar-refractivity contribution in [3.63, 3.8) is 0 Å². The van der Waals surface area contributed by atoms with E-state index in [1.165, 1.54) is 6.26 Å². The first-order chi connectivity index (χ1) is 11.6. The minimum Gasteiger partial charge on any atom is -0.478 e. The van der Waals surface area contributed by atoms with Crippen LogP contribution in [-0.2, 0) is 6.42 Å². The van der Waals surface area contributed by atoms with Crippen molar-refractivity contribution in [1.29, 1.82) is 0 Å². The Kier molecular flexibility index (Phi) is 4.69. The van der Waals surface area contributed by atoms with E-state index in [0.29, 0.717) is 35.9 Å². The number of furan rings is 1. The van der Waals surface area contributed by atoms with Gasteiger partial charge in [-0.05, 0) is 49.8 Å². The average Bonchev–Trinajstić information content (AvgIpc) is 3.01. The van der Waals surface area contributed by atoms with Gasteiger partial charge < -0.3 is 14.4 Å². The maximum absolute atomic E-state index is 12.5. The number of piperidine rings is 1. The lowest BCUT2D eigenvalue weighted by Crippen LogP contribution is -2.39. The minimum absolute atomic E-state index is 0.0191. The normalized spacial score (nSPS) is 15.5. The zero-order valence-electron chi connectivity index (χ0n) is 13.7. The quantitative estimate of drug-likeness (QED) is 0.934. The molecular weight excluding hydrogens is 306 g/mol. The highest BCUT2D eigenvalue weighted by molar-refractivity contribution is 5.95. The predicted molar refractivity (Wildman–Crippen MR) is 89.2 cm³/mol. The molecule has 1 aromatic carbocycles. The number of carboxylic acid groups (broad SMARTS) is 1. The van der Waals surface area contributed by atoms with Crippen molar-refractivity contribution < 1.29 is 19.1 Å². The fourth-order valence-electron chi connectivity index (χ4n) is 3.34. The van der Waals surface area contributed by atoms with E-state index in [2.05, 4.69) is 0 Å². The highest BCUT2D eigenvalue weighted by Crippen LogP contribution is 2.25. The van der Waals surface area contributed by atoms with E-state index in [0.717, 1.165) is 24.8 Å². The fourth-order valence-corrected chi connectivity index (χ4v) is 3.34. The molecule has 5 heteroatoms. The Bertz CT molecular complexity index is 741. The van der Waals surface area contributed by atoms with Crippen molar-refractivity contribution in [2.75, 3.05) is 13.1 Å². The van der Waals surface area contributed by atoms with Crippen LogP contribution in [0.1, 0.15) is 44.9 Å². The molecule has 1 aliphatic rings. The number of carbonyl (C=O) groups excluding carboxylic acids is 1. The van der Waals surface area contributed by atoms with Crippen LogP contribution in [0, 0.1) is 12.8 Å². The number of aromatic carboxylic acids is 1. The Morgan fingerprint density at radius 2 is 1.88 bits per heavy atom. The summed E-state index contributed by atoms with van der Waals surface area (Å²) in [5.74, 6) is 0.191. The van der Waals surface area contributed by atoms with E-state index < -0.39 is 5.97 Å². The summed E-state index contributed by atoms with van der Waals surface area (Å²) < 4.78 is 5.21. The van der Waals surface area contributed by atoms with Crippen molar-refractivity contribution in [3.8, 4) is 0 Å². The molecule has 24 heavy (non-hydrogen) atoms. The first-order valence-corrected chi connectivity index (χ1v) is 8.21. The minimum atomic E-state index is -0.881. The molecule has 0 saturated carbocycles.